The van der Waals surface area contributed by atoms with Gasteiger partial charge in [0.15, 0.2) is 5.82 Å². The molecule has 0 amide bonds. The van der Waals surface area contributed by atoms with Gasteiger partial charge >= 0.3 is 10.3 Å². The number of nitrogens with zero attached hydrogens (tertiary/aromatic N) is 1. The van der Waals surface area contributed by atoms with Crippen LogP contribution in [0.1, 0.15) is 0 Å². The monoisotopic (exact) mass is 362 g/mol. The summed E-state index contributed by atoms with van der Waals surface area (Å²) in [7, 11) is -4.35. The van der Waals surface area contributed by atoms with E-state index in [2.05, 4.69) is 20.9 Å². The Morgan fingerprint density at radius 1 is 1.32 bits per heavy atom. The molecule has 0 bridgehead atoms. The van der Waals surface area contributed by atoms with Crippen LogP contribution in [0.25, 0.3) is 11.1 Å². The number of benzene rings is 1. The molecule has 0 spiro atoms. The predicted molar refractivity (Wildman–Crippen MR) is 77.6 cm³/mol. The van der Waals surface area contributed by atoms with Crippen molar-refractivity contribution in [3.63, 3.8) is 0 Å². The Balaban J connectivity index is 2.42. The number of halogens is 2. The van der Waals surface area contributed by atoms with Crippen LogP contribution in [0.3, 0.4) is 0 Å². The standard InChI is InChI=1S/C11H8BrClN2O3S/c12-9-5-7(8-3-1-2-4-10(8)13)6-14-11(9)15-19(16,17)18/h1-6H,(H,14,15)(H,16,17,18). The zero-order valence-electron chi connectivity index (χ0n) is 9.34. The van der Waals surface area contributed by atoms with Crippen molar-refractivity contribution >= 4 is 43.7 Å². The third-order valence-corrected chi connectivity index (χ3v) is 3.64. The van der Waals surface area contributed by atoms with Gasteiger partial charge in [-0.25, -0.2) is 9.71 Å². The van der Waals surface area contributed by atoms with Crippen LogP contribution in [0.15, 0.2) is 41.0 Å². The van der Waals surface area contributed by atoms with Crippen molar-refractivity contribution < 1.29 is 13.0 Å². The fourth-order valence-corrected chi connectivity index (χ4v) is 2.71. The lowest BCUT2D eigenvalue weighted by Gasteiger charge is -2.08. The van der Waals surface area contributed by atoms with Gasteiger partial charge in [0.2, 0.25) is 0 Å². The molecule has 19 heavy (non-hydrogen) atoms. The maximum atomic E-state index is 10.7. The zero-order valence-corrected chi connectivity index (χ0v) is 12.5. The number of anilines is 1. The molecule has 100 valence electrons. The van der Waals surface area contributed by atoms with Crippen LogP contribution in [0.4, 0.5) is 5.82 Å². The molecule has 0 atom stereocenters. The minimum absolute atomic E-state index is 0.00157. The Labute approximate surface area is 123 Å². The topological polar surface area (TPSA) is 79.3 Å². The van der Waals surface area contributed by atoms with Gasteiger partial charge < -0.3 is 0 Å². The predicted octanol–water partition coefficient (Wildman–Crippen LogP) is 3.38. The van der Waals surface area contributed by atoms with Gasteiger partial charge in [-0.3, -0.25) is 4.55 Å². The maximum Gasteiger partial charge on any atom is 0.358 e. The number of rotatable bonds is 3. The second-order valence-electron chi connectivity index (χ2n) is 3.61. The summed E-state index contributed by atoms with van der Waals surface area (Å²) in [6.45, 7) is 0. The van der Waals surface area contributed by atoms with E-state index >= 15 is 0 Å². The van der Waals surface area contributed by atoms with Crippen LogP contribution in [-0.2, 0) is 10.3 Å². The third kappa shape index (κ3) is 3.66. The molecule has 0 aliphatic heterocycles. The Morgan fingerprint density at radius 3 is 2.58 bits per heavy atom. The highest BCUT2D eigenvalue weighted by atomic mass is 79.9. The van der Waals surface area contributed by atoms with Crippen molar-refractivity contribution in [2.75, 3.05) is 4.72 Å². The largest absolute Gasteiger partial charge is 0.358 e. The minimum atomic E-state index is -4.35. The van der Waals surface area contributed by atoms with Gasteiger partial charge in [0, 0.05) is 22.3 Å². The summed E-state index contributed by atoms with van der Waals surface area (Å²) in [6, 6.07) is 8.86. The lowest BCUT2D eigenvalue weighted by molar-refractivity contribution is 0.489. The second kappa shape index (κ2) is 5.46. The first-order valence-corrected chi connectivity index (χ1v) is 7.63. The molecule has 0 radical (unpaired) electrons. The molecule has 2 aromatic rings. The summed E-state index contributed by atoms with van der Waals surface area (Å²) >= 11 is 9.24. The van der Waals surface area contributed by atoms with E-state index in [0.29, 0.717) is 9.50 Å². The van der Waals surface area contributed by atoms with E-state index in [1.807, 2.05) is 22.9 Å². The first-order valence-electron chi connectivity index (χ1n) is 5.02. The molecule has 1 aromatic carbocycles. The van der Waals surface area contributed by atoms with E-state index in [1.165, 1.54) is 6.20 Å². The van der Waals surface area contributed by atoms with Crippen LogP contribution in [0.5, 0.6) is 0 Å². The molecule has 0 aliphatic rings. The summed E-state index contributed by atoms with van der Waals surface area (Å²) in [5, 5.41) is 0.562. The first-order chi connectivity index (χ1) is 8.87. The molecule has 1 aromatic heterocycles. The van der Waals surface area contributed by atoms with E-state index in [-0.39, 0.29) is 5.82 Å². The van der Waals surface area contributed by atoms with Gasteiger partial charge in [0.25, 0.3) is 0 Å². The van der Waals surface area contributed by atoms with Crippen LogP contribution < -0.4 is 4.72 Å². The molecule has 0 aliphatic carbocycles. The van der Waals surface area contributed by atoms with E-state index in [9.17, 15) is 8.42 Å². The number of nitrogens with one attached hydrogen (secondary N) is 1. The number of aromatic nitrogens is 1. The zero-order chi connectivity index (χ0) is 14.0. The highest BCUT2D eigenvalue weighted by molar-refractivity contribution is 9.10. The quantitative estimate of drug-likeness (QED) is 0.819. The maximum absolute atomic E-state index is 10.7. The summed E-state index contributed by atoms with van der Waals surface area (Å²) in [4.78, 5) is 3.93. The van der Waals surface area contributed by atoms with Gasteiger partial charge in [-0.15, -0.1) is 0 Å². The highest BCUT2D eigenvalue weighted by Gasteiger charge is 2.11. The fourth-order valence-electron chi connectivity index (χ4n) is 1.48. The molecule has 5 nitrogen and oxygen atoms in total. The lowest BCUT2D eigenvalue weighted by atomic mass is 10.1. The lowest BCUT2D eigenvalue weighted by Crippen LogP contribution is -2.12. The highest BCUT2D eigenvalue weighted by Crippen LogP contribution is 2.31. The molecule has 2 rings (SSSR count). The molecule has 1 heterocycles. The van der Waals surface area contributed by atoms with E-state index < -0.39 is 10.3 Å². The summed E-state index contributed by atoms with van der Waals surface area (Å²) < 4.78 is 32.4. The Morgan fingerprint density at radius 2 is 2.00 bits per heavy atom. The van der Waals surface area contributed by atoms with Crippen molar-refractivity contribution in [3.8, 4) is 11.1 Å². The molecule has 2 N–H and O–H groups in total. The Bertz CT molecular complexity index is 722. The summed E-state index contributed by atoms with van der Waals surface area (Å²) in [5.41, 5.74) is 1.49. The van der Waals surface area contributed by atoms with Crippen LogP contribution in [-0.4, -0.2) is 18.0 Å². The smallest absolute Gasteiger partial charge is 0.269 e. The summed E-state index contributed by atoms with van der Waals surface area (Å²) in [5.74, 6) is -0.00157. The molecule has 0 saturated carbocycles. The average molecular weight is 364 g/mol. The number of hydrogen-bond donors (Lipinski definition) is 2. The SMILES string of the molecule is O=S(=O)(O)Nc1ncc(-c2ccccc2Cl)cc1Br. The second-order valence-corrected chi connectivity index (χ2v) is 6.03. The van der Waals surface area contributed by atoms with Crippen molar-refractivity contribution in [2.24, 2.45) is 0 Å². The molecule has 0 saturated heterocycles. The number of pyridine rings is 1. The van der Waals surface area contributed by atoms with Gasteiger partial charge in [-0.2, -0.15) is 8.42 Å². The molecule has 0 unspecified atom stereocenters. The van der Waals surface area contributed by atoms with E-state index in [0.717, 1.165) is 11.1 Å². The van der Waals surface area contributed by atoms with E-state index in [1.54, 1.807) is 12.1 Å². The van der Waals surface area contributed by atoms with Crippen molar-refractivity contribution in [1.29, 1.82) is 0 Å². The molecule has 8 heteroatoms. The van der Waals surface area contributed by atoms with E-state index in [4.69, 9.17) is 16.2 Å². The third-order valence-electron chi connectivity index (χ3n) is 2.25. The van der Waals surface area contributed by atoms with Crippen molar-refractivity contribution in [3.05, 3.63) is 46.0 Å². The Kier molecular flexibility index (Phi) is 4.10. The molecular formula is C11H8BrClN2O3S. The van der Waals surface area contributed by atoms with Crippen LogP contribution in [0, 0.1) is 0 Å². The minimum Gasteiger partial charge on any atom is -0.269 e. The van der Waals surface area contributed by atoms with Crippen molar-refractivity contribution in [1.82, 2.24) is 4.98 Å². The van der Waals surface area contributed by atoms with Crippen molar-refractivity contribution in [2.45, 2.75) is 0 Å². The average Bonchev–Trinajstić information content (AvgIpc) is 2.31. The van der Waals surface area contributed by atoms with Gasteiger partial charge in [-0.1, -0.05) is 29.8 Å². The fraction of sp³-hybridized carbons (Fsp3) is 0. The molecular weight excluding hydrogens is 356 g/mol. The van der Waals surface area contributed by atoms with Gasteiger partial charge in [-0.05, 0) is 28.1 Å². The van der Waals surface area contributed by atoms with Gasteiger partial charge in [0.1, 0.15) is 0 Å². The van der Waals surface area contributed by atoms with Crippen LogP contribution >= 0.6 is 27.5 Å². The normalized spacial score (nSPS) is 11.3. The first kappa shape index (κ1) is 14.3. The summed E-state index contributed by atoms with van der Waals surface area (Å²) in [6.07, 6.45) is 1.46. The van der Waals surface area contributed by atoms with Crippen LogP contribution in [0.2, 0.25) is 5.02 Å². The molecule has 0 fully saturated rings. The van der Waals surface area contributed by atoms with Gasteiger partial charge in [0.05, 0.1) is 4.47 Å². The Hall–Kier alpha value is -1.15. The number of hydrogen-bond acceptors (Lipinski definition) is 3.